The fraction of sp³-hybridized carbons (Fsp3) is 0.812. The number of nitrogens with zero attached hydrogens (tertiary/aromatic N) is 2. The molecule has 0 amide bonds. The lowest BCUT2D eigenvalue weighted by Gasteiger charge is -2.29. The first-order valence-electron chi connectivity index (χ1n) is 7.67. The quantitative estimate of drug-likeness (QED) is 0.846. The highest BCUT2D eigenvalue weighted by Crippen LogP contribution is 2.36. The number of hydrogen-bond donors (Lipinski definition) is 1. The predicted octanol–water partition coefficient (Wildman–Crippen LogP) is 3.50. The number of hydrogen-bond acceptors (Lipinski definition) is 2. The second-order valence-corrected chi connectivity index (χ2v) is 7.10. The Bertz CT molecular complexity index is 389. The second-order valence-electron chi connectivity index (χ2n) is 7.10. The van der Waals surface area contributed by atoms with Crippen LogP contribution in [-0.4, -0.2) is 15.8 Å². The lowest BCUT2D eigenvalue weighted by atomic mass is 9.76. The van der Waals surface area contributed by atoms with Gasteiger partial charge in [0.05, 0.1) is 5.69 Å². The van der Waals surface area contributed by atoms with Gasteiger partial charge in [0.1, 0.15) is 0 Å². The van der Waals surface area contributed by atoms with Gasteiger partial charge in [-0.1, -0.05) is 27.2 Å². The standard InChI is InChI=1S/C16H29N3/c1-16(2,3)13-6-5-7-14(9-8-13)17-12-15-10-11-18-19(15)4/h10-11,13-14,17H,5-9,12H2,1-4H3. The molecule has 0 aromatic carbocycles. The minimum Gasteiger partial charge on any atom is -0.308 e. The SMILES string of the molecule is Cn1nccc1CNC1CCCC(C(C)(C)C)CC1. The van der Waals surface area contributed by atoms with Crippen molar-refractivity contribution in [3.63, 3.8) is 0 Å². The number of aromatic nitrogens is 2. The molecule has 19 heavy (non-hydrogen) atoms. The van der Waals surface area contributed by atoms with E-state index < -0.39 is 0 Å². The molecule has 1 heterocycles. The van der Waals surface area contributed by atoms with Gasteiger partial charge < -0.3 is 5.32 Å². The summed E-state index contributed by atoms with van der Waals surface area (Å²) in [6.07, 6.45) is 8.65. The molecule has 108 valence electrons. The van der Waals surface area contributed by atoms with Gasteiger partial charge in [-0.25, -0.2) is 0 Å². The van der Waals surface area contributed by atoms with E-state index in [1.807, 2.05) is 17.9 Å². The number of aryl methyl sites for hydroxylation is 1. The fourth-order valence-electron chi connectivity index (χ4n) is 3.20. The molecule has 1 aromatic heterocycles. The highest BCUT2D eigenvalue weighted by atomic mass is 15.3. The van der Waals surface area contributed by atoms with E-state index in [1.165, 1.54) is 37.8 Å². The molecule has 1 saturated carbocycles. The third-order valence-corrected chi connectivity index (χ3v) is 4.69. The Balaban J connectivity index is 1.82. The van der Waals surface area contributed by atoms with Gasteiger partial charge in [0.25, 0.3) is 0 Å². The minimum atomic E-state index is 0.469. The van der Waals surface area contributed by atoms with E-state index in [0.29, 0.717) is 11.5 Å². The summed E-state index contributed by atoms with van der Waals surface area (Å²) in [5, 5.41) is 7.94. The maximum atomic E-state index is 4.22. The minimum absolute atomic E-state index is 0.469. The highest BCUT2D eigenvalue weighted by molar-refractivity contribution is 4.99. The molecule has 1 aromatic rings. The van der Waals surface area contributed by atoms with Crippen LogP contribution in [0.3, 0.4) is 0 Å². The molecule has 1 N–H and O–H groups in total. The van der Waals surface area contributed by atoms with Crippen molar-refractivity contribution in [3.05, 3.63) is 18.0 Å². The van der Waals surface area contributed by atoms with Crippen LogP contribution >= 0.6 is 0 Å². The molecule has 3 heteroatoms. The van der Waals surface area contributed by atoms with Crippen molar-refractivity contribution in [2.75, 3.05) is 0 Å². The van der Waals surface area contributed by atoms with E-state index in [0.717, 1.165) is 12.5 Å². The van der Waals surface area contributed by atoms with Crippen LogP contribution in [0.4, 0.5) is 0 Å². The van der Waals surface area contributed by atoms with Crippen LogP contribution in [0.5, 0.6) is 0 Å². The Morgan fingerprint density at radius 1 is 1.26 bits per heavy atom. The average molecular weight is 263 g/mol. The van der Waals surface area contributed by atoms with E-state index in [2.05, 4.69) is 37.3 Å². The van der Waals surface area contributed by atoms with Gasteiger partial charge in [-0.3, -0.25) is 4.68 Å². The zero-order valence-corrected chi connectivity index (χ0v) is 12.9. The Morgan fingerprint density at radius 3 is 2.68 bits per heavy atom. The molecular weight excluding hydrogens is 234 g/mol. The summed E-state index contributed by atoms with van der Waals surface area (Å²) in [5.74, 6) is 0.885. The molecule has 0 bridgehead atoms. The maximum Gasteiger partial charge on any atom is 0.0518 e. The van der Waals surface area contributed by atoms with Crippen molar-refractivity contribution in [2.45, 2.75) is 65.5 Å². The van der Waals surface area contributed by atoms with Gasteiger partial charge >= 0.3 is 0 Å². The molecule has 2 unspecified atom stereocenters. The summed E-state index contributed by atoms with van der Waals surface area (Å²) in [5.41, 5.74) is 1.74. The molecular formula is C16H29N3. The van der Waals surface area contributed by atoms with Gasteiger partial charge in [-0.2, -0.15) is 5.10 Å². The van der Waals surface area contributed by atoms with Crippen LogP contribution in [0.25, 0.3) is 0 Å². The van der Waals surface area contributed by atoms with Gasteiger partial charge in [0.2, 0.25) is 0 Å². The molecule has 3 nitrogen and oxygen atoms in total. The Morgan fingerprint density at radius 2 is 2.05 bits per heavy atom. The van der Waals surface area contributed by atoms with E-state index in [-0.39, 0.29) is 0 Å². The van der Waals surface area contributed by atoms with Crippen molar-refractivity contribution >= 4 is 0 Å². The normalized spacial score (nSPS) is 25.3. The summed E-state index contributed by atoms with van der Waals surface area (Å²) in [6.45, 7) is 8.12. The molecule has 1 fully saturated rings. The fourth-order valence-corrected chi connectivity index (χ4v) is 3.20. The Kier molecular flexibility index (Phi) is 4.67. The summed E-state index contributed by atoms with van der Waals surface area (Å²) < 4.78 is 1.96. The molecule has 0 aliphatic heterocycles. The molecule has 1 aliphatic rings. The van der Waals surface area contributed by atoms with Crippen LogP contribution in [0.15, 0.2) is 12.3 Å². The molecule has 0 spiro atoms. The third kappa shape index (κ3) is 4.07. The smallest absolute Gasteiger partial charge is 0.0518 e. The Labute approximate surface area is 117 Å². The van der Waals surface area contributed by atoms with Gasteiger partial charge in [0.15, 0.2) is 0 Å². The van der Waals surface area contributed by atoms with E-state index in [1.54, 1.807) is 0 Å². The van der Waals surface area contributed by atoms with Crippen molar-refractivity contribution in [2.24, 2.45) is 18.4 Å². The highest BCUT2D eigenvalue weighted by Gasteiger charge is 2.27. The van der Waals surface area contributed by atoms with Crippen LogP contribution in [0.1, 0.15) is 58.6 Å². The maximum absolute atomic E-state index is 4.22. The first kappa shape index (κ1) is 14.6. The van der Waals surface area contributed by atoms with Crippen LogP contribution < -0.4 is 5.32 Å². The Hall–Kier alpha value is -0.830. The van der Waals surface area contributed by atoms with Crippen LogP contribution in [0.2, 0.25) is 0 Å². The number of nitrogens with one attached hydrogen (secondary N) is 1. The topological polar surface area (TPSA) is 29.9 Å². The summed E-state index contributed by atoms with van der Waals surface area (Å²) in [4.78, 5) is 0. The summed E-state index contributed by atoms with van der Waals surface area (Å²) in [6, 6.07) is 2.78. The first-order valence-corrected chi connectivity index (χ1v) is 7.67. The second kappa shape index (κ2) is 6.08. The molecule has 1 aliphatic carbocycles. The largest absolute Gasteiger partial charge is 0.308 e. The van der Waals surface area contributed by atoms with Gasteiger partial charge in [-0.05, 0) is 43.1 Å². The average Bonchev–Trinajstić information content (AvgIpc) is 2.61. The van der Waals surface area contributed by atoms with Gasteiger partial charge in [0, 0.05) is 25.8 Å². The van der Waals surface area contributed by atoms with E-state index >= 15 is 0 Å². The lowest BCUT2D eigenvalue weighted by Crippen LogP contribution is -2.29. The van der Waals surface area contributed by atoms with Crippen molar-refractivity contribution < 1.29 is 0 Å². The molecule has 0 radical (unpaired) electrons. The first-order chi connectivity index (χ1) is 8.97. The molecule has 2 rings (SSSR count). The molecule has 2 atom stereocenters. The zero-order valence-electron chi connectivity index (χ0n) is 12.9. The summed E-state index contributed by atoms with van der Waals surface area (Å²) in [7, 11) is 2.01. The van der Waals surface area contributed by atoms with E-state index in [4.69, 9.17) is 0 Å². The number of rotatable bonds is 3. The zero-order chi connectivity index (χ0) is 13.9. The molecule has 0 saturated heterocycles. The van der Waals surface area contributed by atoms with Crippen molar-refractivity contribution in [1.29, 1.82) is 0 Å². The van der Waals surface area contributed by atoms with Gasteiger partial charge in [-0.15, -0.1) is 0 Å². The van der Waals surface area contributed by atoms with Crippen molar-refractivity contribution in [3.8, 4) is 0 Å². The van der Waals surface area contributed by atoms with E-state index in [9.17, 15) is 0 Å². The predicted molar refractivity (Wildman–Crippen MR) is 79.9 cm³/mol. The van der Waals surface area contributed by atoms with Crippen LogP contribution in [-0.2, 0) is 13.6 Å². The van der Waals surface area contributed by atoms with Crippen LogP contribution in [0, 0.1) is 11.3 Å². The summed E-state index contributed by atoms with van der Waals surface area (Å²) >= 11 is 0. The lowest BCUT2D eigenvalue weighted by molar-refractivity contribution is 0.213. The van der Waals surface area contributed by atoms with Crippen molar-refractivity contribution in [1.82, 2.24) is 15.1 Å². The monoisotopic (exact) mass is 263 g/mol. The third-order valence-electron chi connectivity index (χ3n) is 4.69.